The second-order valence-electron chi connectivity index (χ2n) is 7.82. The predicted molar refractivity (Wildman–Crippen MR) is 113 cm³/mol. The first-order valence-corrected chi connectivity index (χ1v) is 9.57. The first-order valence-electron chi connectivity index (χ1n) is 9.57. The van der Waals surface area contributed by atoms with Gasteiger partial charge in [-0.05, 0) is 57.0 Å². The maximum absolute atomic E-state index is 12.7. The number of phenolic OH excluding ortho intramolecular Hbond substituents is 1. The number of rotatable bonds is 6. The van der Waals surface area contributed by atoms with Crippen LogP contribution in [0.25, 0.3) is 0 Å². The zero-order valence-electron chi connectivity index (χ0n) is 17.9. The second-order valence-corrected chi connectivity index (χ2v) is 7.82. The van der Waals surface area contributed by atoms with Gasteiger partial charge in [-0.2, -0.15) is 0 Å². The molecule has 0 aliphatic rings. The average molecular weight is 399 g/mol. The number of aromatic hydroxyl groups is 1. The summed E-state index contributed by atoms with van der Waals surface area (Å²) in [6, 6.07) is 10.6. The molecule has 6 nitrogen and oxygen atoms in total. The minimum Gasteiger partial charge on any atom is -0.507 e. The van der Waals surface area contributed by atoms with Crippen LogP contribution in [0.4, 0.5) is 5.69 Å². The highest BCUT2D eigenvalue weighted by Gasteiger charge is 2.25. The molecular formula is C23H29NO5. The molecule has 2 rings (SSSR count). The standard InChI is InChI=1S/C23H29NO5/c1-7-16-8-9-17(20(21(16)26)22(27)29-23(3,4)5)14-28-19-12-10-18(11-13-19)24(6)15(2)25/h8-13,26H,7,14H2,1-6H3. The van der Waals surface area contributed by atoms with Gasteiger partial charge in [-0.15, -0.1) is 0 Å². The van der Waals surface area contributed by atoms with E-state index in [2.05, 4.69) is 0 Å². The van der Waals surface area contributed by atoms with Crippen LogP contribution in [0.5, 0.6) is 11.5 Å². The highest BCUT2D eigenvalue weighted by Crippen LogP contribution is 2.30. The van der Waals surface area contributed by atoms with E-state index >= 15 is 0 Å². The van der Waals surface area contributed by atoms with Crippen LogP contribution in [-0.4, -0.2) is 29.6 Å². The average Bonchev–Trinajstić information content (AvgIpc) is 2.64. The van der Waals surface area contributed by atoms with Crippen LogP contribution >= 0.6 is 0 Å². The van der Waals surface area contributed by atoms with Crippen LogP contribution in [0, 0.1) is 0 Å². The second kappa shape index (κ2) is 8.99. The fourth-order valence-electron chi connectivity index (χ4n) is 2.75. The van der Waals surface area contributed by atoms with Gasteiger partial charge >= 0.3 is 5.97 Å². The van der Waals surface area contributed by atoms with E-state index in [1.807, 2.05) is 6.92 Å². The molecule has 0 unspecified atom stereocenters. The Morgan fingerprint density at radius 2 is 1.62 bits per heavy atom. The quantitative estimate of drug-likeness (QED) is 0.725. The molecule has 29 heavy (non-hydrogen) atoms. The topological polar surface area (TPSA) is 76.1 Å². The lowest BCUT2D eigenvalue weighted by atomic mass is 10.0. The molecule has 1 N–H and O–H groups in total. The van der Waals surface area contributed by atoms with Crippen molar-refractivity contribution < 1.29 is 24.2 Å². The smallest absolute Gasteiger partial charge is 0.342 e. The van der Waals surface area contributed by atoms with Gasteiger partial charge in [0.2, 0.25) is 5.91 Å². The number of esters is 1. The van der Waals surface area contributed by atoms with Gasteiger partial charge in [0.25, 0.3) is 0 Å². The van der Waals surface area contributed by atoms with Crippen molar-refractivity contribution in [2.45, 2.75) is 53.2 Å². The third-order valence-electron chi connectivity index (χ3n) is 4.42. The summed E-state index contributed by atoms with van der Waals surface area (Å²) >= 11 is 0. The van der Waals surface area contributed by atoms with E-state index in [4.69, 9.17) is 9.47 Å². The van der Waals surface area contributed by atoms with Crippen LogP contribution < -0.4 is 9.64 Å². The lowest BCUT2D eigenvalue weighted by Gasteiger charge is -2.22. The number of ether oxygens (including phenoxy) is 2. The van der Waals surface area contributed by atoms with E-state index in [1.54, 1.807) is 64.2 Å². The molecule has 0 aromatic heterocycles. The minimum absolute atomic E-state index is 0.0628. The third-order valence-corrected chi connectivity index (χ3v) is 4.42. The van der Waals surface area contributed by atoms with E-state index in [0.29, 0.717) is 23.3 Å². The number of hydrogen-bond donors (Lipinski definition) is 1. The number of amides is 1. The fourth-order valence-corrected chi connectivity index (χ4v) is 2.75. The Morgan fingerprint density at radius 3 is 2.14 bits per heavy atom. The Kier molecular flexibility index (Phi) is 6.90. The zero-order chi connectivity index (χ0) is 21.8. The Bertz CT molecular complexity index is 881. The minimum atomic E-state index is -0.678. The molecule has 0 aliphatic carbocycles. The number of benzene rings is 2. The molecule has 0 aliphatic heterocycles. The van der Waals surface area contributed by atoms with Crippen molar-refractivity contribution in [2.24, 2.45) is 0 Å². The molecule has 0 atom stereocenters. The summed E-state index contributed by atoms with van der Waals surface area (Å²) in [6.45, 7) is 8.83. The maximum atomic E-state index is 12.7. The third kappa shape index (κ3) is 5.73. The number of carbonyl (C=O) groups is 2. The Labute approximate surface area is 172 Å². The van der Waals surface area contributed by atoms with Crippen molar-refractivity contribution >= 4 is 17.6 Å². The first-order chi connectivity index (χ1) is 13.5. The van der Waals surface area contributed by atoms with Crippen LogP contribution in [0.1, 0.15) is 56.1 Å². The molecule has 0 heterocycles. The van der Waals surface area contributed by atoms with Gasteiger partial charge in [0, 0.05) is 25.2 Å². The molecule has 0 fully saturated rings. The molecule has 0 saturated heterocycles. The molecule has 156 valence electrons. The van der Waals surface area contributed by atoms with Gasteiger partial charge in [0.05, 0.1) is 0 Å². The molecule has 2 aromatic carbocycles. The van der Waals surface area contributed by atoms with Crippen LogP contribution in [0.3, 0.4) is 0 Å². The van der Waals surface area contributed by atoms with Crippen molar-refractivity contribution in [3.63, 3.8) is 0 Å². The predicted octanol–water partition coefficient (Wildman–Crippen LogP) is 4.47. The summed E-state index contributed by atoms with van der Waals surface area (Å²) in [6.07, 6.45) is 0.591. The van der Waals surface area contributed by atoms with E-state index in [-0.39, 0.29) is 23.8 Å². The molecule has 0 saturated carbocycles. The number of nitrogens with zero attached hydrogens (tertiary/aromatic N) is 1. The summed E-state index contributed by atoms with van der Waals surface area (Å²) in [5.41, 5.74) is 1.42. The van der Waals surface area contributed by atoms with Crippen molar-refractivity contribution in [1.29, 1.82) is 0 Å². The monoisotopic (exact) mass is 399 g/mol. The fraction of sp³-hybridized carbons (Fsp3) is 0.391. The van der Waals surface area contributed by atoms with Crippen molar-refractivity contribution in [1.82, 2.24) is 0 Å². The van der Waals surface area contributed by atoms with Crippen LogP contribution in [0.15, 0.2) is 36.4 Å². The molecule has 2 aromatic rings. The number of aryl methyl sites for hydroxylation is 1. The summed E-state index contributed by atoms with van der Waals surface area (Å²) in [5.74, 6) is -0.129. The van der Waals surface area contributed by atoms with Gasteiger partial charge in [-0.3, -0.25) is 4.79 Å². The van der Waals surface area contributed by atoms with E-state index in [9.17, 15) is 14.7 Å². The highest BCUT2D eigenvalue weighted by atomic mass is 16.6. The molecular weight excluding hydrogens is 370 g/mol. The number of anilines is 1. The van der Waals surface area contributed by atoms with Gasteiger partial charge < -0.3 is 19.5 Å². The lowest BCUT2D eigenvalue weighted by molar-refractivity contribution is -0.116. The Balaban J connectivity index is 2.25. The van der Waals surface area contributed by atoms with E-state index in [1.165, 1.54) is 11.8 Å². The highest BCUT2D eigenvalue weighted by molar-refractivity contribution is 5.95. The summed E-state index contributed by atoms with van der Waals surface area (Å²) < 4.78 is 11.3. The van der Waals surface area contributed by atoms with E-state index < -0.39 is 11.6 Å². The maximum Gasteiger partial charge on any atom is 0.342 e. The number of carbonyl (C=O) groups excluding carboxylic acids is 2. The molecule has 0 spiro atoms. The largest absolute Gasteiger partial charge is 0.507 e. The summed E-state index contributed by atoms with van der Waals surface area (Å²) in [5, 5.41) is 10.6. The van der Waals surface area contributed by atoms with Crippen molar-refractivity contribution in [3.05, 3.63) is 53.1 Å². The van der Waals surface area contributed by atoms with Crippen LogP contribution in [0.2, 0.25) is 0 Å². The van der Waals surface area contributed by atoms with Gasteiger partial charge in [0.1, 0.15) is 29.3 Å². The SMILES string of the molecule is CCc1ccc(COc2ccc(N(C)C(C)=O)cc2)c(C(=O)OC(C)(C)C)c1O. The Hall–Kier alpha value is -3.02. The number of hydrogen-bond acceptors (Lipinski definition) is 5. The van der Waals surface area contributed by atoms with Gasteiger partial charge in [0.15, 0.2) is 0 Å². The molecule has 0 radical (unpaired) electrons. The number of phenols is 1. The van der Waals surface area contributed by atoms with Crippen molar-refractivity contribution in [3.8, 4) is 11.5 Å². The summed E-state index contributed by atoms with van der Waals surface area (Å²) in [7, 11) is 1.70. The Morgan fingerprint density at radius 1 is 1.03 bits per heavy atom. The zero-order valence-corrected chi connectivity index (χ0v) is 17.9. The van der Waals surface area contributed by atoms with Gasteiger partial charge in [-0.1, -0.05) is 19.1 Å². The van der Waals surface area contributed by atoms with E-state index in [0.717, 1.165) is 5.69 Å². The van der Waals surface area contributed by atoms with Gasteiger partial charge in [-0.25, -0.2) is 4.79 Å². The summed E-state index contributed by atoms with van der Waals surface area (Å²) in [4.78, 5) is 25.7. The lowest BCUT2D eigenvalue weighted by Crippen LogP contribution is -2.25. The first kappa shape index (κ1) is 22.3. The van der Waals surface area contributed by atoms with Crippen molar-refractivity contribution in [2.75, 3.05) is 11.9 Å². The van der Waals surface area contributed by atoms with Crippen LogP contribution in [-0.2, 0) is 22.6 Å². The normalized spacial score (nSPS) is 11.1. The molecule has 6 heteroatoms. The molecule has 0 bridgehead atoms. The molecule has 1 amide bonds.